The molecule has 0 saturated heterocycles. The van der Waals surface area contributed by atoms with E-state index in [9.17, 15) is 14.4 Å². The van der Waals surface area contributed by atoms with Gasteiger partial charge in [0, 0.05) is 19.3 Å². The Balaban J connectivity index is 4.49. The summed E-state index contributed by atoms with van der Waals surface area (Å²) in [5.41, 5.74) is 0. The zero-order chi connectivity index (χ0) is 51.4. The smallest absolute Gasteiger partial charge is 0.306 e. The molecule has 0 aliphatic carbocycles. The number of carbonyl (C=O) groups excluding carboxylic acids is 3. The molecule has 0 aromatic rings. The lowest BCUT2D eigenvalue weighted by molar-refractivity contribution is -0.167. The van der Waals surface area contributed by atoms with Crippen LogP contribution in [-0.4, -0.2) is 37.2 Å². The van der Waals surface area contributed by atoms with E-state index in [0.29, 0.717) is 19.3 Å². The zero-order valence-electron chi connectivity index (χ0n) is 46.2. The highest BCUT2D eigenvalue weighted by Gasteiger charge is 2.19. The summed E-state index contributed by atoms with van der Waals surface area (Å²) in [6, 6.07) is 0. The molecule has 0 aromatic heterocycles. The summed E-state index contributed by atoms with van der Waals surface area (Å²) in [7, 11) is 0. The van der Waals surface area contributed by atoms with Crippen LogP contribution in [0.2, 0.25) is 0 Å². The molecule has 0 spiro atoms. The fraction of sp³-hybridized carbons (Fsp3) is 0.677. The van der Waals surface area contributed by atoms with Crippen molar-refractivity contribution in [3.63, 3.8) is 0 Å². The number of hydrogen-bond acceptors (Lipinski definition) is 6. The summed E-state index contributed by atoms with van der Waals surface area (Å²) in [6.45, 7) is 6.45. The molecule has 0 radical (unpaired) electrons. The molecule has 0 amide bonds. The Kier molecular flexibility index (Phi) is 55.4. The van der Waals surface area contributed by atoms with Crippen LogP contribution in [-0.2, 0) is 28.6 Å². The lowest BCUT2D eigenvalue weighted by Gasteiger charge is -2.18. The normalized spacial score (nSPS) is 12.9. The fourth-order valence-corrected chi connectivity index (χ4v) is 7.87. The van der Waals surface area contributed by atoms with Crippen LogP contribution >= 0.6 is 0 Å². The van der Waals surface area contributed by atoms with Crippen LogP contribution in [0.5, 0.6) is 0 Å². The van der Waals surface area contributed by atoms with Crippen molar-refractivity contribution in [2.45, 2.75) is 271 Å². The summed E-state index contributed by atoms with van der Waals surface area (Å²) in [5, 5.41) is 0. The van der Waals surface area contributed by atoms with Crippen molar-refractivity contribution in [2.24, 2.45) is 0 Å². The summed E-state index contributed by atoms with van der Waals surface area (Å²) < 4.78 is 16.8. The van der Waals surface area contributed by atoms with Gasteiger partial charge in [0.25, 0.3) is 0 Å². The number of ether oxygens (including phenoxy) is 3. The van der Waals surface area contributed by atoms with Gasteiger partial charge in [-0.2, -0.15) is 0 Å². The Morgan fingerprint density at radius 3 is 0.944 bits per heavy atom. The van der Waals surface area contributed by atoms with Gasteiger partial charge >= 0.3 is 17.9 Å². The van der Waals surface area contributed by atoms with Crippen molar-refractivity contribution >= 4 is 17.9 Å². The second-order valence-electron chi connectivity index (χ2n) is 19.2. The van der Waals surface area contributed by atoms with Crippen molar-refractivity contribution in [3.05, 3.63) is 109 Å². The zero-order valence-corrected chi connectivity index (χ0v) is 46.2. The van der Waals surface area contributed by atoms with Gasteiger partial charge in [0.2, 0.25) is 0 Å². The predicted octanol–water partition coefficient (Wildman–Crippen LogP) is 19.9. The minimum absolute atomic E-state index is 0.101. The molecule has 71 heavy (non-hydrogen) atoms. The van der Waals surface area contributed by atoms with Gasteiger partial charge in [-0.15, -0.1) is 0 Å². The molecule has 404 valence electrons. The molecule has 0 N–H and O–H groups in total. The van der Waals surface area contributed by atoms with Gasteiger partial charge in [0.1, 0.15) is 13.2 Å². The van der Waals surface area contributed by atoms with E-state index in [-0.39, 0.29) is 37.5 Å². The highest BCUT2D eigenvalue weighted by Crippen LogP contribution is 2.15. The third kappa shape index (κ3) is 56.9. The molecule has 6 heteroatoms. The second kappa shape index (κ2) is 58.6. The molecule has 1 unspecified atom stereocenters. The van der Waals surface area contributed by atoms with Crippen molar-refractivity contribution in [2.75, 3.05) is 13.2 Å². The largest absolute Gasteiger partial charge is 0.462 e. The maximum Gasteiger partial charge on any atom is 0.306 e. The fourth-order valence-electron chi connectivity index (χ4n) is 7.87. The van der Waals surface area contributed by atoms with E-state index in [0.717, 1.165) is 116 Å². The molecule has 0 fully saturated rings. The van der Waals surface area contributed by atoms with Crippen LogP contribution in [0.1, 0.15) is 265 Å². The maximum atomic E-state index is 12.8. The van der Waals surface area contributed by atoms with Gasteiger partial charge in [-0.25, -0.2) is 0 Å². The average molecular weight is 986 g/mol. The molecule has 0 bridgehead atoms. The van der Waals surface area contributed by atoms with E-state index >= 15 is 0 Å². The third-order valence-electron chi connectivity index (χ3n) is 12.3. The highest BCUT2D eigenvalue weighted by atomic mass is 16.6. The average Bonchev–Trinajstić information content (AvgIpc) is 3.37. The van der Waals surface area contributed by atoms with Crippen LogP contribution in [0.3, 0.4) is 0 Å². The molecule has 0 rings (SSSR count). The Labute approximate surface area is 438 Å². The summed E-state index contributed by atoms with van der Waals surface area (Å²) in [5.74, 6) is -0.974. The van der Waals surface area contributed by atoms with Gasteiger partial charge in [-0.3, -0.25) is 14.4 Å². The molecule has 0 heterocycles. The monoisotopic (exact) mass is 985 g/mol. The topological polar surface area (TPSA) is 78.9 Å². The Hall–Kier alpha value is -3.93. The van der Waals surface area contributed by atoms with Gasteiger partial charge < -0.3 is 14.2 Å². The van der Waals surface area contributed by atoms with Gasteiger partial charge in [0.05, 0.1) is 0 Å². The Bertz CT molecular complexity index is 1460. The first-order valence-corrected chi connectivity index (χ1v) is 29.4. The van der Waals surface area contributed by atoms with Gasteiger partial charge in [-0.05, 0) is 103 Å². The van der Waals surface area contributed by atoms with Crippen molar-refractivity contribution < 1.29 is 28.6 Å². The van der Waals surface area contributed by atoms with Crippen molar-refractivity contribution in [3.8, 4) is 0 Å². The quantitative estimate of drug-likeness (QED) is 0.0261. The van der Waals surface area contributed by atoms with E-state index in [2.05, 4.69) is 130 Å². The van der Waals surface area contributed by atoms with Crippen LogP contribution in [0.25, 0.3) is 0 Å². The Morgan fingerprint density at radius 1 is 0.296 bits per heavy atom. The molecule has 0 aliphatic rings. The SMILES string of the molecule is CC/C=C\C/C=C\C/C=C\C/C=C\C/C=C\C/C=C\C/C=C\CCCC(=O)OCC(COC(=O)CCCCCCCCCCCCCCCCC)OC(=O)CCCCCCC/C=C\C/C=C\CCCCC. The van der Waals surface area contributed by atoms with Crippen LogP contribution in [0.15, 0.2) is 109 Å². The number of rotatable bonds is 52. The number of hydrogen-bond donors (Lipinski definition) is 0. The first-order valence-electron chi connectivity index (χ1n) is 29.4. The maximum absolute atomic E-state index is 12.8. The summed E-state index contributed by atoms with van der Waals surface area (Å²) in [4.78, 5) is 38.2. The molecule has 0 saturated carbocycles. The third-order valence-corrected chi connectivity index (χ3v) is 12.3. The predicted molar refractivity (Wildman–Crippen MR) is 307 cm³/mol. The first kappa shape index (κ1) is 67.1. The van der Waals surface area contributed by atoms with E-state index in [1.165, 1.54) is 103 Å². The van der Waals surface area contributed by atoms with Crippen molar-refractivity contribution in [1.29, 1.82) is 0 Å². The standard InChI is InChI=1S/C65H108O6/c1-4-7-10-13-16-19-22-25-28-29-30-31-32-33-34-35-38-40-43-46-49-52-55-58-64(67)70-61-62(71-65(68)59-56-53-50-47-44-41-37-27-24-21-18-15-12-9-6-3)60-69-63(66)57-54-51-48-45-42-39-36-26-23-20-17-14-11-8-5-2/h7,10,16,18-19,21,25,27-28,30-31,33-34,37-38,40,46,49,62H,4-6,8-9,11-15,17,20,22-24,26,29,32,35-36,39,41-45,47-48,50-61H2,1-3H3/b10-7-,19-16-,21-18-,28-25-,31-30-,34-33-,37-27-,40-38-,49-46-. The lowest BCUT2D eigenvalue weighted by Crippen LogP contribution is -2.30. The molecule has 0 aliphatic heterocycles. The Morgan fingerprint density at radius 2 is 0.563 bits per heavy atom. The lowest BCUT2D eigenvalue weighted by atomic mass is 10.0. The first-order chi connectivity index (χ1) is 35.0. The summed E-state index contributed by atoms with van der Waals surface area (Å²) in [6.07, 6.45) is 79.4. The summed E-state index contributed by atoms with van der Waals surface area (Å²) >= 11 is 0. The highest BCUT2D eigenvalue weighted by molar-refractivity contribution is 5.71. The number of carbonyl (C=O) groups is 3. The van der Waals surface area contributed by atoms with Crippen LogP contribution < -0.4 is 0 Å². The van der Waals surface area contributed by atoms with Crippen molar-refractivity contribution in [1.82, 2.24) is 0 Å². The van der Waals surface area contributed by atoms with Gasteiger partial charge in [-0.1, -0.05) is 252 Å². The number of allylic oxidation sites excluding steroid dienone is 18. The van der Waals surface area contributed by atoms with E-state index in [1.54, 1.807) is 0 Å². The number of unbranched alkanes of at least 4 members (excludes halogenated alkanes) is 23. The van der Waals surface area contributed by atoms with Crippen LogP contribution in [0, 0.1) is 0 Å². The van der Waals surface area contributed by atoms with Crippen LogP contribution in [0.4, 0.5) is 0 Å². The van der Waals surface area contributed by atoms with E-state index in [4.69, 9.17) is 14.2 Å². The van der Waals surface area contributed by atoms with Gasteiger partial charge in [0.15, 0.2) is 6.10 Å². The minimum Gasteiger partial charge on any atom is -0.462 e. The van der Waals surface area contributed by atoms with E-state index < -0.39 is 6.10 Å². The van der Waals surface area contributed by atoms with E-state index in [1.807, 2.05) is 0 Å². The molecule has 1 atom stereocenters. The second-order valence-corrected chi connectivity index (χ2v) is 19.2. The molecule has 0 aromatic carbocycles. The molecule has 6 nitrogen and oxygen atoms in total. The molecular formula is C65H108O6. The minimum atomic E-state index is -0.810. The number of esters is 3. The molecular weight excluding hydrogens is 877 g/mol.